The molecule has 2 aliphatic rings. The first-order valence-corrected chi connectivity index (χ1v) is 7.83. The van der Waals surface area contributed by atoms with Gasteiger partial charge in [-0.15, -0.1) is 0 Å². The lowest BCUT2D eigenvalue weighted by molar-refractivity contribution is 0.0336. The third kappa shape index (κ3) is 3.89. The Morgan fingerprint density at radius 3 is 2.82 bits per heavy atom. The highest BCUT2D eigenvalue weighted by molar-refractivity contribution is 5.45. The molecule has 0 saturated carbocycles. The van der Waals surface area contributed by atoms with Crippen molar-refractivity contribution in [3.8, 4) is 11.5 Å². The fourth-order valence-corrected chi connectivity index (χ4v) is 2.79. The molecule has 0 spiro atoms. The van der Waals surface area contributed by atoms with E-state index in [4.69, 9.17) is 14.2 Å². The van der Waals surface area contributed by atoms with Gasteiger partial charge in [0.25, 0.3) is 0 Å². The first kappa shape index (κ1) is 15.6. The molecule has 6 nitrogen and oxygen atoms in total. The van der Waals surface area contributed by atoms with E-state index in [2.05, 4.69) is 17.1 Å². The van der Waals surface area contributed by atoms with Gasteiger partial charge in [-0.1, -0.05) is 6.07 Å². The van der Waals surface area contributed by atoms with Crippen LogP contribution in [0.2, 0.25) is 0 Å². The number of hydrogen-bond donors (Lipinski definition) is 2. The van der Waals surface area contributed by atoms with Gasteiger partial charge in [0.15, 0.2) is 11.5 Å². The van der Waals surface area contributed by atoms with Gasteiger partial charge < -0.3 is 24.6 Å². The van der Waals surface area contributed by atoms with Gasteiger partial charge in [-0.2, -0.15) is 0 Å². The van der Waals surface area contributed by atoms with Crippen LogP contribution in [-0.4, -0.2) is 62.2 Å². The molecular weight excluding hydrogens is 284 g/mol. The molecule has 0 aromatic heterocycles. The minimum atomic E-state index is -0.554. The lowest BCUT2D eigenvalue weighted by atomic mass is 10.1. The van der Waals surface area contributed by atoms with Crippen LogP contribution in [0, 0.1) is 0 Å². The first-order chi connectivity index (χ1) is 10.7. The van der Waals surface area contributed by atoms with Gasteiger partial charge in [-0.3, -0.25) is 4.90 Å². The molecule has 0 amide bonds. The summed E-state index contributed by atoms with van der Waals surface area (Å²) in [4.78, 5) is 2.38. The maximum absolute atomic E-state index is 10.3. The molecule has 0 radical (unpaired) electrons. The van der Waals surface area contributed by atoms with E-state index in [0.717, 1.165) is 44.2 Å². The molecule has 1 aromatic rings. The summed E-state index contributed by atoms with van der Waals surface area (Å²) >= 11 is 0. The van der Waals surface area contributed by atoms with Gasteiger partial charge in [0.05, 0.1) is 19.3 Å². The van der Waals surface area contributed by atoms with E-state index in [1.54, 1.807) is 0 Å². The molecule has 0 bridgehead atoms. The zero-order valence-electron chi connectivity index (χ0n) is 13.0. The van der Waals surface area contributed by atoms with E-state index in [1.807, 2.05) is 18.2 Å². The average Bonchev–Trinajstić information content (AvgIpc) is 3.01. The van der Waals surface area contributed by atoms with Crippen LogP contribution >= 0.6 is 0 Å². The fourth-order valence-electron chi connectivity index (χ4n) is 2.79. The highest BCUT2D eigenvalue weighted by Crippen LogP contribution is 2.34. The summed E-state index contributed by atoms with van der Waals surface area (Å²) < 4.78 is 16.0. The number of nitrogens with one attached hydrogen (secondary N) is 1. The first-order valence-electron chi connectivity index (χ1n) is 7.83. The third-order valence-electron chi connectivity index (χ3n) is 4.08. The van der Waals surface area contributed by atoms with Crippen LogP contribution in [0.5, 0.6) is 11.5 Å². The Bertz CT molecular complexity index is 491. The molecule has 3 rings (SSSR count). The lowest BCUT2D eigenvalue weighted by Crippen LogP contribution is -2.45. The predicted molar refractivity (Wildman–Crippen MR) is 82.2 cm³/mol. The molecule has 2 heterocycles. The highest BCUT2D eigenvalue weighted by Gasteiger charge is 2.18. The van der Waals surface area contributed by atoms with Crippen molar-refractivity contribution in [3.63, 3.8) is 0 Å². The summed E-state index contributed by atoms with van der Waals surface area (Å²) in [6.45, 7) is 7.47. The van der Waals surface area contributed by atoms with Gasteiger partial charge in [-0.05, 0) is 24.6 Å². The normalized spacial score (nSPS) is 20.8. The third-order valence-corrected chi connectivity index (χ3v) is 4.08. The molecule has 0 unspecified atom stereocenters. The van der Waals surface area contributed by atoms with E-state index in [1.165, 1.54) is 0 Å². The Labute approximate surface area is 131 Å². The van der Waals surface area contributed by atoms with Crippen molar-refractivity contribution < 1.29 is 19.3 Å². The Balaban J connectivity index is 1.46. The van der Waals surface area contributed by atoms with Crippen molar-refractivity contribution in [1.82, 2.24) is 10.2 Å². The van der Waals surface area contributed by atoms with E-state index in [-0.39, 0.29) is 6.79 Å². The monoisotopic (exact) mass is 308 g/mol. The lowest BCUT2D eigenvalue weighted by Gasteiger charge is -2.29. The minimum Gasteiger partial charge on any atom is -0.454 e. The van der Waals surface area contributed by atoms with Crippen LogP contribution in [0.25, 0.3) is 0 Å². The largest absolute Gasteiger partial charge is 0.454 e. The Kier molecular flexibility index (Phi) is 5.15. The van der Waals surface area contributed by atoms with Crippen LogP contribution < -0.4 is 14.8 Å². The topological polar surface area (TPSA) is 63.2 Å². The second-order valence-electron chi connectivity index (χ2n) is 5.85. The molecule has 2 aliphatic heterocycles. The minimum absolute atomic E-state index is 0.254. The van der Waals surface area contributed by atoms with Gasteiger partial charge in [0.1, 0.15) is 0 Å². The number of aliphatic hydroxyl groups excluding tert-OH is 1. The number of benzene rings is 1. The molecule has 6 heteroatoms. The molecule has 122 valence electrons. The smallest absolute Gasteiger partial charge is 0.231 e. The van der Waals surface area contributed by atoms with Gasteiger partial charge in [-0.25, -0.2) is 0 Å². The number of morpholine rings is 1. The maximum atomic E-state index is 10.3. The van der Waals surface area contributed by atoms with Gasteiger partial charge >= 0.3 is 0 Å². The zero-order valence-corrected chi connectivity index (χ0v) is 13.0. The van der Waals surface area contributed by atoms with Crippen molar-refractivity contribution in [2.75, 3.05) is 46.2 Å². The molecular formula is C16H24N2O4. The van der Waals surface area contributed by atoms with E-state index >= 15 is 0 Å². The summed E-state index contributed by atoms with van der Waals surface area (Å²) in [5.41, 5.74) is 0.843. The van der Waals surface area contributed by atoms with Crippen molar-refractivity contribution >= 4 is 0 Å². The van der Waals surface area contributed by atoms with Crippen LogP contribution in [0.4, 0.5) is 0 Å². The summed E-state index contributed by atoms with van der Waals surface area (Å²) in [6.07, 6.45) is -0.554. The predicted octanol–water partition coefficient (Wildman–Crippen LogP) is 0.759. The molecule has 0 aliphatic carbocycles. The van der Waals surface area contributed by atoms with Crippen LogP contribution in [-0.2, 0) is 4.74 Å². The second kappa shape index (κ2) is 7.28. The number of rotatable bonds is 6. The van der Waals surface area contributed by atoms with E-state index in [9.17, 15) is 5.11 Å². The number of nitrogens with zero attached hydrogens (tertiary/aromatic N) is 1. The average molecular weight is 308 g/mol. The van der Waals surface area contributed by atoms with E-state index in [0.29, 0.717) is 18.3 Å². The molecule has 2 atom stereocenters. The number of fused-ring (bicyclic) bond motifs is 1. The Morgan fingerprint density at radius 2 is 2.00 bits per heavy atom. The molecule has 1 aromatic carbocycles. The van der Waals surface area contributed by atoms with Crippen molar-refractivity contribution in [3.05, 3.63) is 23.8 Å². The van der Waals surface area contributed by atoms with Crippen molar-refractivity contribution in [2.24, 2.45) is 0 Å². The summed E-state index contributed by atoms with van der Waals surface area (Å²) in [6, 6.07) is 5.90. The molecule has 2 N–H and O–H groups in total. The highest BCUT2D eigenvalue weighted by atomic mass is 16.7. The van der Waals surface area contributed by atoms with Gasteiger partial charge in [0, 0.05) is 32.2 Å². The van der Waals surface area contributed by atoms with E-state index < -0.39 is 6.10 Å². The van der Waals surface area contributed by atoms with Crippen LogP contribution in [0.15, 0.2) is 18.2 Å². The van der Waals surface area contributed by atoms with Crippen LogP contribution in [0.3, 0.4) is 0 Å². The zero-order chi connectivity index (χ0) is 15.4. The van der Waals surface area contributed by atoms with Crippen molar-refractivity contribution in [2.45, 2.75) is 19.1 Å². The fraction of sp³-hybridized carbons (Fsp3) is 0.625. The number of aliphatic hydroxyl groups is 1. The van der Waals surface area contributed by atoms with Gasteiger partial charge in [0.2, 0.25) is 6.79 Å². The molecule has 22 heavy (non-hydrogen) atoms. The maximum Gasteiger partial charge on any atom is 0.231 e. The number of ether oxygens (including phenoxy) is 3. The Hall–Kier alpha value is -1.34. The molecule has 1 saturated heterocycles. The quantitative estimate of drug-likeness (QED) is 0.809. The number of hydrogen-bond acceptors (Lipinski definition) is 6. The second-order valence-corrected chi connectivity index (χ2v) is 5.85. The summed E-state index contributed by atoms with van der Waals surface area (Å²) in [5.74, 6) is 1.45. The van der Waals surface area contributed by atoms with Crippen LogP contribution in [0.1, 0.15) is 18.6 Å². The van der Waals surface area contributed by atoms with Crippen molar-refractivity contribution in [1.29, 1.82) is 0 Å². The summed E-state index contributed by atoms with van der Waals surface area (Å²) in [5, 5.41) is 13.7. The molecule has 1 fully saturated rings. The Morgan fingerprint density at radius 1 is 1.23 bits per heavy atom. The summed E-state index contributed by atoms with van der Waals surface area (Å²) in [7, 11) is 0. The SMILES string of the molecule is C[C@@H](CN1CCOCC1)NC[C@H](O)c1ccc2c(c1)OCO2. The standard InChI is InChI=1S/C16H24N2O4/c1-12(10-18-4-6-20-7-5-18)17-9-14(19)13-2-3-15-16(8-13)22-11-21-15/h2-3,8,12,14,17,19H,4-7,9-11H2,1H3/t12-,14-/m0/s1.